The molecule has 0 aromatic rings. The number of hydroxylamine groups is 4. The number of unbranched alkanes of at least 4 members (excludes halogenated alkanes) is 9. The molecular weight excluding hydrogens is 294 g/mol. The van der Waals surface area contributed by atoms with Gasteiger partial charge in [-0.3, -0.25) is 0 Å². The molecule has 0 rings (SSSR count). The first kappa shape index (κ1) is 20.7. The van der Waals surface area contributed by atoms with E-state index >= 15 is 0 Å². The van der Waals surface area contributed by atoms with Gasteiger partial charge in [0.25, 0.3) is 0 Å². The van der Waals surface area contributed by atoms with E-state index in [1.165, 1.54) is 51.4 Å². The fraction of sp³-hybridized carbons (Fsp3) is 1.00. The number of hydrogen-bond acceptors (Lipinski definition) is 2. The van der Waals surface area contributed by atoms with Crippen LogP contribution in [0.25, 0.3) is 0 Å². The van der Waals surface area contributed by atoms with Crippen LogP contribution in [-0.4, -0.2) is 28.3 Å². The summed E-state index contributed by atoms with van der Waals surface area (Å²) in [7, 11) is 0. The van der Waals surface area contributed by atoms with Crippen LogP contribution in [0, 0.1) is 0 Å². The summed E-state index contributed by atoms with van der Waals surface area (Å²) in [4.78, 5) is -0.809. The fourth-order valence-electron chi connectivity index (χ4n) is 2.01. The molecule has 0 saturated heterocycles. The molecule has 0 fully saturated rings. The second-order valence-electron chi connectivity index (χ2n) is 5.10. The van der Waals surface area contributed by atoms with E-state index in [1.54, 1.807) is 6.92 Å². The molecule has 2 N–H and O–H groups in total. The van der Waals surface area contributed by atoms with Crippen molar-refractivity contribution in [1.29, 1.82) is 0 Å². The van der Waals surface area contributed by atoms with Crippen LogP contribution >= 0.6 is 0 Å². The molecule has 0 saturated carbocycles. The lowest BCUT2D eigenvalue weighted by atomic mass is 10.1. The molecule has 0 atom stereocenters. The molecule has 0 aromatic heterocycles. The highest BCUT2D eigenvalue weighted by atomic mass is 79.9. The van der Waals surface area contributed by atoms with Gasteiger partial charge in [0.2, 0.25) is 0 Å². The van der Waals surface area contributed by atoms with E-state index in [2.05, 4.69) is 6.92 Å². The van der Waals surface area contributed by atoms with Gasteiger partial charge >= 0.3 is 0 Å². The Balaban J connectivity index is 0. The van der Waals surface area contributed by atoms with Crippen molar-refractivity contribution in [2.75, 3.05) is 13.1 Å². The molecular formula is C14H32BrNO2. The Kier molecular flexibility index (Phi) is 15.8. The summed E-state index contributed by atoms with van der Waals surface area (Å²) in [5.41, 5.74) is 0. The first-order valence-corrected chi connectivity index (χ1v) is 7.45. The molecule has 0 heterocycles. The summed E-state index contributed by atoms with van der Waals surface area (Å²) in [6.45, 7) is 4.87. The zero-order valence-corrected chi connectivity index (χ0v) is 13.8. The lowest BCUT2D eigenvalue weighted by Gasteiger charge is -2.18. The predicted octanol–water partition coefficient (Wildman–Crippen LogP) is 1.53. The Morgan fingerprint density at radius 3 is 1.44 bits per heavy atom. The van der Waals surface area contributed by atoms with Crippen molar-refractivity contribution in [2.45, 2.75) is 78.1 Å². The first-order valence-electron chi connectivity index (χ1n) is 7.45. The molecule has 4 heteroatoms. The zero-order chi connectivity index (χ0) is 13.0. The maximum Gasteiger partial charge on any atom is 0.142 e. The van der Waals surface area contributed by atoms with E-state index in [1.807, 2.05) is 0 Å². The maximum atomic E-state index is 9.34. The van der Waals surface area contributed by atoms with Gasteiger partial charge in [-0.1, -0.05) is 58.3 Å². The van der Waals surface area contributed by atoms with Crippen molar-refractivity contribution in [3.8, 4) is 0 Å². The summed E-state index contributed by atoms with van der Waals surface area (Å²) >= 11 is 0. The van der Waals surface area contributed by atoms with Crippen LogP contribution in [-0.2, 0) is 0 Å². The van der Waals surface area contributed by atoms with Crippen LogP contribution in [0.4, 0.5) is 0 Å². The highest BCUT2D eigenvalue weighted by Gasteiger charge is 2.17. The van der Waals surface area contributed by atoms with Crippen LogP contribution < -0.4 is 17.0 Å². The van der Waals surface area contributed by atoms with Gasteiger partial charge < -0.3 is 17.0 Å². The van der Waals surface area contributed by atoms with Crippen molar-refractivity contribution in [3.05, 3.63) is 0 Å². The average molecular weight is 326 g/mol. The Morgan fingerprint density at radius 2 is 1.06 bits per heavy atom. The summed E-state index contributed by atoms with van der Waals surface area (Å²) in [6, 6.07) is 0. The first-order chi connectivity index (χ1) is 8.12. The molecule has 18 heavy (non-hydrogen) atoms. The van der Waals surface area contributed by atoms with Crippen molar-refractivity contribution < 1.29 is 32.2 Å². The van der Waals surface area contributed by atoms with Crippen LogP contribution in [0.5, 0.6) is 0 Å². The second kappa shape index (κ2) is 13.8. The average Bonchev–Trinajstić information content (AvgIpc) is 2.31. The predicted molar refractivity (Wildman–Crippen MR) is 71.1 cm³/mol. The highest BCUT2D eigenvalue weighted by Crippen LogP contribution is 2.11. The largest absolute Gasteiger partial charge is 1.00 e. The Labute approximate surface area is 123 Å². The van der Waals surface area contributed by atoms with Gasteiger partial charge in [-0.25, -0.2) is 0 Å². The minimum Gasteiger partial charge on any atom is -1.00 e. The van der Waals surface area contributed by atoms with Crippen LogP contribution in [0.3, 0.4) is 0 Å². The monoisotopic (exact) mass is 325 g/mol. The number of quaternary nitrogens is 1. The second-order valence-corrected chi connectivity index (χ2v) is 5.10. The van der Waals surface area contributed by atoms with Crippen LogP contribution in [0.1, 0.15) is 78.1 Å². The molecule has 3 nitrogen and oxygen atoms in total. The summed E-state index contributed by atoms with van der Waals surface area (Å²) < 4.78 is 0. The van der Waals surface area contributed by atoms with Crippen molar-refractivity contribution in [3.63, 3.8) is 0 Å². The third-order valence-electron chi connectivity index (χ3n) is 3.38. The molecule has 0 aromatic carbocycles. The van der Waals surface area contributed by atoms with Crippen LogP contribution in [0.2, 0.25) is 0 Å². The molecule has 0 aliphatic heterocycles. The quantitative estimate of drug-likeness (QED) is 0.324. The van der Waals surface area contributed by atoms with Gasteiger partial charge in [0.1, 0.15) is 13.1 Å². The molecule has 0 amide bonds. The molecule has 0 spiro atoms. The maximum absolute atomic E-state index is 9.34. The Bertz CT molecular complexity index is 166. The van der Waals surface area contributed by atoms with E-state index in [-0.39, 0.29) is 17.0 Å². The van der Waals surface area contributed by atoms with Gasteiger partial charge in [0, 0.05) is 6.42 Å². The zero-order valence-electron chi connectivity index (χ0n) is 12.2. The van der Waals surface area contributed by atoms with E-state index in [4.69, 9.17) is 0 Å². The van der Waals surface area contributed by atoms with Crippen molar-refractivity contribution in [1.82, 2.24) is 0 Å². The smallest absolute Gasteiger partial charge is 0.142 e. The summed E-state index contributed by atoms with van der Waals surface area (Å²) in [5.74, 6) is 0. The van der Waals surface area contributed by atoms with Crippen LogP contribution in [0.15, 0.2) is 0 Å². The number of nitrogens with zero attached hydrogens (tertiary/aromatic N) is 1. The fourth-order valence-corrected chi connectivity index (χ4v) is 2.01. The molecule has 0 aliphatic rings. The van der Waals surface area contributed by atoms with Crippen molar-refractivity contribution in [2.24, 2.45) is 0 Å². The number of rotatable bonds is 12. The molecule has 0 unspecified atom stereocenters. The summed E-state index contributed by atoms with van der Waals surface area (Å²) in [6.07, 6.45) is 12.8. The van der Waals surface area contributed by atoms with Gasteiger partial charge in [-0.15, -0.1) is 0 Å². The number of halogens is 1. The molecule has 0 aliphatic carbocycles. The van der Waals surface area contributed by atoms with E-state index in [9.17, 15) is 10.4 Å². The molecule has 112 valence electrons. The SMILES string of the molecule is CCCCCCCCCCCC[N+](O)(O)CC.[Br-]. The van der Waals surface area contributed by atoms with Gasteiger partial charge in [0.15, 0.2) is 0 Å². The van der Waals surface area contributed by atoms with Gasteiger partial charge in [-0.2, -0.15) is 10.4 Å². The molecule has 0 bridgehead atoms. The third kappa shape index (κ3) is 14.4. The van der Waals surface area contributed by atoms with Crippen molar-refractivity contribution >= 4 is 0 Å². The summed E-state index contributed by atoms with van der Waals surface area (Å²) in [5, 5.41) is 18.7. The topological polar surface area (TPSA) is 40.5 Å². The van der Waals surface area contributed by atoms with Gasteiger partial charge in [0.05, 0.1) is 0 Å². The normalized spacial score (nSPS) is 11.3. The lowest BCUT2D eigenvalue weighted by Crippen LogP contribution is -3.00. The van der Waals surface area contributed by atoms with E-state index in [0.717, 1.165) is 12.8 Å². The minimum absolute atomic E-state index is 0. The number of hydrogen-bond donors (Lipinski definition) is 2. The third-order valence-corrected chi connectivity index (χ3v) is 3.38. The van der Waals surface area contributed by atoms with E-state index in [0.29, 0.717) is 13.1 Å². The minimum atomic E-state index is -0.809. The van der Waals surface area contributed by atoms with Gasteiger partial charge in [-0.05, 0) is 18.2 Å². The standard InChI is InChI=1S/C14H32NO2.BrH/c1-3-5-6-7-8-9-10-11-12-13-14-15(16,17)4-2;/h16-17H,3-14H2,1-2H3;1H/q+1;/p-1. The molecule has 0 radical (unpaired) electrons. The van der Waals surface area contributed by atoms with E-state index < -0.39 is 4.81 Å². The Morgan fingerprint density at radius 1 is 0.667 bits per heavy atom. The highest BCUT2D eigenvalue weighted by molar-refractivity contribution is 4.46. The Hall–Kier alpha value is 0.360. The lowest BCUT2D eigenvalue weighted by molar-refractivity contribution is -1.24.